The number of benzene rings is 2. The Morgan fingerprint density at radius 1 is 0.524 bits per heavy atom. The van der Waals surface area contributed by atoms with Gasteiger partial charge in [-0.2, -0.15) is 0 Å². The second kappa shape index (κ2) is 15.4. The van der Waals surface area contributed by atoms with Crippen LogP contribution in [0.3, 0.4) is 0 Å². The highest BCUT2D eigenvalue weighted by Crippen LogP contribution is 2.24. The van der Waals surface area contributed by atoms with Gasteiger partial charge in [-0.15, -0.1) is 0 Å². The van der Waals surface area contributed by atoms with Crippen molar-refractivity contribution in [3.63, 3.8) is 0 Å². The monoisotopic (exact) mass is 601 g/mol. The van der Waals surface area contributed by atoms with Crippen LogP contribution in [0.15, 0.2) is 48.5 Å². The van der Waals surface area contributed by atoms with Crippen LogP contribution in [-0.4, -0.2) is 158 Å². The van der Waals surface area contributed by atoms with E-state index in [0.29, 0.717) is 11.1 Å². The number of rotatable bonds is 15. The highest BCUT2D eigenvalue weighted by molar-refractivity contribution is 5.95. The molecule has 234 valence electrons. The van der Waals surface area contributed by atoms with Gasteiger partial charge in [-0.05, 0) is 35.4 Å². The van der Waals surface area contributed by atoms with E-state index in [1.807, 2.05) is 0 Å². The molecule has 10 atom stereocenters. The second-order valence-electron chi connectivity index (χ2n) is 9.44. The lowest BCUT2D eigenvalue weighted by Gasteiger charge is -2.40. The van der Waals surface area contributed by atoms with Crippen molar-refractivity contribution in [3.8, 4) is 11.1 Å². The van der Waals surface area contributed by atoms with Gasteiger partial charge < -0.3 is 66.4 Å². The van der Waals surface area contributed by atoms with Crippen molar-refractivity contribution < 1.29 is 76.0 Å². The molecule has 0 fully saturated rings. The summed E-state index contributed by atoms with van der Waals surface area (Å²) in [4.78, 5) is 24.5. The van der Waals surface area contributed by atoms with Gasteiger partial charge in [0, 0.05) is 5.56 Å². The van der Waals surface area contributed by atoms with Crippen LogP contribution in [0.1, 0.15) is 20.7 Å². The summed E-state index contributed by atoms with van der Waals surface area (Å²) in [7, 11) is 0. The number of aliphatic hydroxyl groups is 12. The van der Waals surface area contributed by atoms with Crippen molar-refractivity contribution in [1.82, 2.24) is 4.90 Å². The number of amides is 1. The van der Waals surface area contributed by atoms with E-state index in [4.69, 9.17) is 15.3 Å². The third kappa shape index (κ3) is 8.04. The van der Waals surface area contributed by atoms with E-state index in [0.717, 1.165) is 0 Å². The number of carbonyl (C=O) groups excluding carboxylic acids is 1. The Kier molecular flexibility index (Phi) is 12.9. The van der Waals surface area contributed by atoms with E-state index < -0.39 is 86.4 Å². The summed E-state index contributed by atoms with van der Waals surface area (Å²) in [6.45, 7) is -2.15. The van der Waals surface area contributed by atoms with Crippen molar-refractivity contribution in [2.24, 2.45) is 0 Å². The molecule has 1 amide bonds. The van der Waals surface area contributed by atoms with Gasteiger partial charge in [0.15, 0.2) is 12.5 Å². The molecule has 0 aliphatic heterocycles. The van der Waals surface area contributed by atoms with Crippen LogP contribution in [0.2, 0.25) is 0 Å². The minimum absolute atomic E-state index is 0.0193. The van der Waals surface area contributed by atoms with Crippen LogP contribution in [0, 0.1) is 0 Å². The number of carboxylic acids is 1. The predicted molar refractivity (Wildman–Crippen MR) is 139 cm³/mol. The number of carboxylic acid groups (broad SMARTS) is 1. The molecule has 2 aromatic carbocycles. The largest absolute Gasteiger partial charge is 0.478 e. The van der Waals surface area contributed by atoms with E-state index in [9.17, 15) is 60.7 Å². The Labute approximate surface area is 238 Å². The molecule has 13 N–H and O–H groups in total. The summed E-state index contributed by atoms with van der Waals surface area (Å²) in [6.07, 6.45) is -23.9. The van der Waals surface area contributed by atoms with Crippen molar-refractivity contribution in [2.45, 2.75) is 61.3 Å². The van der Waals surface area contributed by atoms with E-state index in [-0.39, 0.29) is 16.0 Å². The van der Waals surface area contributed by atoms with Gasteiger partial charge in [0.05, 0.1) is 18.8 Å². The smallest absolute Gasteiger partial charge is 0.335 e. The van der Waals surface area contributed by atoms with Gasteiger partial charge in [-0.1, -0.05) is 24.3 Å². The first kappa shape index (κ1) is 35.1. The molecule has 42 heavy (non-hydrogen) atoms. The number of hydrogen-bond donors (Lipinski definition) is 13. The maximum absolute atomic E-state index is 13.4. The maximum atomic E-state index is 13.4. The van der Waals surface area contributed by atoms with Crippen LogP contribution >= 0.6 is 0 Å². The summed E-state index contributed by atoms with van der Waals surface area (Å²) in [6, 6.07) is 10.8. The van der Waals surface area contributed by atoms with Crippen LogP contribution in [0.5, 0.6) is 0 Å². The first-order valence-electron chi connectivity index (χ1n) is 12.5. The van der Waals surface area contributed by atoms with Crippen LogP contribution < -0.4 is 0 Å². The minimum atomic E-state index is -2.67. The number of aromatic carboxylic acids is 1. The van der Waals surface area contributed by atoms with Gasteiger partial charge in [0.1, 0.15) is 48.8 Å². The SMILES string of the molecule is O=C(O)c1ccc(-c2ccc(C(=O)N(C(O)[C@H](O)[C@@H](O)[C@H](O)[C@H](O)CO)C(O)[C@H](O)[C@@H](O)[C@H](O)[C@H](O)CO)cc2)cc1. The lowest BCUT2D eigenvalue weighted by Crippen LogP contribution is -2.63. The molecule has 2 aromatic rings. The molecule has 0 spiro atoms. The van der Waals surface area contributed by atoms with Crippen molar-refractivity contribution >= 4 is 11.9 Å². The Balaban J connectivity index is 2.45. The molecular weight excluding hydrogens is 566 g/mol. The molecule has 0 saturated carbocycles. The van der Waals surface area contributed by atoms with Crippen LogP contribution in [-0.2, 0) is 0 Å². The van der Waals surface area contributed by atoms with Gasteiger partial charge in [0.2, 0.25) is 0 Å². The Hall–Kier alpha value is -3.10. The topological polar surface area (TPSA) is 300 Å². The fourth-order valence-electron chi connectivity index (χ4n) is 3.91. The predicted octanol–water partition coefficient (Wildman–Crippen LogP) is -5.00. The molecule has 0 aliphatic rings. The average molecular weight is 602 g/mol. The second-order valence-corrected chi connectivity index (χ2v) is 9.44. The number of hydrogen-bond acceptors (Lipinski definition) is 14. The maximum Gasteiger partial charge on any atom is 0.335 e. The third-order valence-electron chi connectivity index (χ3n) is 6.57. The van der Waals surface area contributed by atoms with Crippen molar-refractivity contribution in [2.75, 3.05) is 13.2 Å². The van der Waals surface area contributed by atoms with E-state index in [1.165, 1.54) is 48.5 Å². The standard InChI is InChI=1S/C26H35NO15/c28-9-15(30)17(32)19(34)21(36)24(39)27(25(40)22(37)20(35)18(33)16(31)10-29)23(38)13-5-1-11(2-6-13)12-3-7-14(8-4-12)26(41)42/h1-8,15-22,24-25,28-37,39-40H,9-10H2,(H,41,42)/t15-,16-,17-,18-,19+,20+,21-,22-,24?,25?/m1/s1. The van der Waals surface area contributed by atoms with E-state index in [2.05, 4.69) is 0 Å². The number of carbonyl (C=O) groups is 2. The van der Waals surface area contributed by atoms with E-state index in [1.54, 1.807) is 0 Å². The molecule has 16 heteroatoms. The molecule has 0 saturated heterocycles. The van der Waals surface area contributed by atoms with Gasteiger partial charge in [-0.25, -0.2) is 4.79 Å². The van der Waals surface area contributed by atoms with E-state index >= 15 is 0 Å². The van der Waals surface area contributed by atoms with Crippen molar-refractivity contribution in [1.29, 1.82) is 0 Å². The molecule has 0 bridgehead atoms. The Morgan fingerprint density at radius 3 is 1.17 bits per heavy atom. The lowest BCUT2D eigenvalue weighted by atomic mass is 9.98. The average Bonchev–Trinajstić information content (AvgIpc) is 3.01. The summed E-state index contributed by atoms with van der Waals surface area (Å²) in [5, 5.41) is 129. The zero-order valence-corrected chi connectivity index (χ0v) is 21.9. The first-order valence-corrected chi connectivity index (χ1v) is 12.5. The van der Waals surface area contributed by atoms with Gasteiger partial charge in [-0.3, -0.25) is 9.69 Å². The fraction of sp³-hybridized carbons (Fsp3) is 0.462. The first-order chi connectivity index (χ1) is 19.7. The molecule has 0 aliphatic carbocycles. The molecule has 2 rings (SSSR count). The van der Waals surface area contributed by atoms with Gasteiger partial charge >= 0.3 is 5.97 Å². The summed E-state index contributed by atoms with van der Waals surface area (Å²) < 4.78 is 0. The summed E-state index contributed by atoms with van der Waals surface area (Å²) >= 11 is 0. The zero-order valence-electron chi connectivity index (χ0n) is 21.9. The molecular formula is C26H35NO15. The summed E-state index contributed by atoms with van der Waals surface area (Å²) in [5.41, 5.74) is 0.748. The normalized spacial score (nSPS) is 19.0. The molecule has 16 nitrogen and oxygen atoms in total. The quantitative estimate of drug-likeness (QED) is 0.0850. The molecule has 0 aromatic heterocycles. The zero-order chi connectivity index (χ0) is 31.9. The molecule has 2 unspecified atom stereocenters. The summed E-state index contributed by atoms with van der Waals surface area (Å²) in [5.74, 6) is -2.48. The third-order valence-corrected chi connectivity index (χ3v) is 6.57. The molecule has 0 radical (unpaired) electrons. The lowest BCUT2D eigenvalue weighted by molar-refractivity contribution is -0.213. The van der Waals surface area contributed by atoms with Crippen molar-refractivity contribution in [3.05, 3.63) is 59.7 Å². The van der Waals surface area contributed by atoms with Crippen LogP contribution in [0.25, 0.3) is 11.1 Å². The molecule has 0 heterocycles. The number of nitrogens with zero attached hydrogens (tertiary/aromatic N) is 1. The van der Waals surface area contributed by atoms with Gasteiger partial charge in [0.25, 0.3) is 5.91 Å². The number of aliphatic hydroxyl groups excluding tert-OH is 12. The minimum Gasteiger partial charge on any atom is -0.478 e. The highest BCUT2D eigenvalue weighted by Gasteiger charge is 2.45. The van der Waals surface area contributed by atoms with Crippen LogP contribution in [0.4, 0.5) is 0 Å². The highest BCUT2D eigenvalue weighted by atomic mass is 16.4. The fourth-order valence-corrected chi connectivity index (χ4v) is 3.91. The Morgan fingerprint density at radius 2 is 0.857 bits per heavy atom. The Bertz CT molecular complexity index is 1110.